The maximum atomic E-state index is 11.9. The summed E-state index contributed by atoms with van der Waals surface area (Å²) in [5, 5.41) is 6.46. The van der Waals surface area contributed by atoms with E-state index in [9.17, 15) is 4.79 Å². The van der Waals surface area contributed by atoms with Crippen molar-refractivity contribution in [3.05, 3.63) is 33.2 Å². The van der Waals surface area contributed by atoms with Crippen molar-refractivity contribution >= 4 is 34.7 Å². The minimum Gasteiger partial charge on any atom is -0.360 e. The highest BCUT2D eigenvalue weighted by atomic mass is 35.5. The van der Waals surface area contributed by atoms with Crippen LogP contribution < -0.4 is 5.32 Å². The van der Waals surface area contributed by atoms with Crippen LogP contribution in [0.1, 0.15) is 24.0 Å². The molecule has 2 heterocycles. The monoisotopic (exact) mass is 327 g/mol. The molecule has 1 N–H and O–H groups in total. The van der Waals surface area contributed by atoms with Crippen molar-refractivity contribution in [2.45, 2.75) is 26.8 Å². The largest absolute Gasteiger partial charge is 0.360 e. The number of nitrogens with zero attached hydrogens (tertiary/aromatic N) is 2. The van der Waals surface area contributed by atoms with Crippen molar-refractivity contribution in [3.8, 4) is 0 Å². The van der Waals surface area contributed by atoms with Gasteiger partial charge < -0.3 is 9.84 Å². The first-order chi connectivity index (χ1) is 10.1. The molecule has 2 aromatic heterocycles. The minimum absolute atomic E-state index is 0.0639. The van der Waals surface area contributed by atoms with E-state index in [1.54, 1.807) is 24.3 Å². The number of hydrogen-bond donors (Lipinski definition) is 1. The van der Waals surface area contributed by atoms with Crippen molar-refractivity contribution in [2.24, 2.45) is 0 Å². The van der Waals surface area contributed by atoms with Gasteiger partial charge in [-0.25, -0.2) is 0 Å². The Labute approximate surface area is 132 Å². The number of amides is 1. The lowest BCUT2D eigenvalue weighted by Crippen LogP contribution is -2.27. The standard InChI is InChI=1S/C14H18ClN3O2S/c1-3-18(9-11-4-5-12(15)21-11)7-6-14(19)16-13-8-10(2)20-17-13/h4-5,8H,3,6-7,9H2,1-2H3,(H,16,17,19). The second-order valence-corrected chi connectivity index (χ2v) is 6.50. The average molecular weight is 328 g/mol. The van der Waals surface area contributed by atoms with Gasteiger partial charge in [-0.05, 0) is 25.6 Å². The number of carbonyl (C=O) groups excluding carboxylic acids is 1. The Morgan fingerprint density at radius 2 is 2.33 bits per heavy atom. The summed E-state index contributed by atoms with van der Waals surface area (Å²) in [5.41, 5.74) is 0. The van der Waals surface area contributed by atoms with Gasteiger partial charge in [0.1, 0.15) is 5.76 Å². The Morgan fingerprint density at radius 1 is 1.52 bits per heavy atom. The van der Waals surface area contributed by atoms with Crippen molar-refractivity contribution in [1.82, 2.24) is 10.1 Å². The molecule has 114 valence electrons. The van der Waals surface area contributed by atoms with E-state index in [0.717, 1.165) is 17.4 Å². The molecule has 0 atom stereocenters. The zero-order valence-electron chi connectivity index (χ0n) is 12.1. The van der Waals surface area contributed by atoms with E-state index in [2.05, 4.69) is 22.3 Å². The number of rotatable bonds is 7. The first kappa shape index (κ1) is 16.0. The molecule has 2 rings (SSSR count). The van der Waals surface area contributed by atoms with Crippen LogP contribution in [0.2, 0.25) is 4.34 Å². The summed E-state index contributed by atoms with van der Waals surface area (Å²) in [7, 11) is 0. The van der Waals surface area contributed by atoms with Gasteiger partial charge in [0, 0.05) is 30.5 Å². The lowest BCUT2D eigenvalue weighted by Gasteiger charge is -2.18. The van der Waals surface area contributed by atoms with Crippen LogP contribution in [0.15, 0.2) is 22.7 Å². The summed E-state index contributed by atoms with van der Waals surface area (Å²) < 4.78 is 5.70. The molecule has 5 nitrogen and oxygen atoms in total. The smallest absolute Gasteiger partial charge is 0.226 e. The highest BCUT2D eigenvalue weighted by molar-refractivity contribution is 7.16. The Morgan fingerprint density at radius 3 is 2.90 bits per heavy atom. The molecule has 0 bridgehead atoms. The number of aromatic nitrogens is 1. The van der Waals surface area contributed by atoms with Crippen LogP contribution in [0.5, 0.6) is 0 Å². The summed E-state index contributed by atoms with van der Waals surface area (Å²) in [6.45, 7) is 6.24. The SMILES string of the molecule is CCN(CCC(=O)Nc1cc(C)on1)Cc1ccc(Cl)s1. The molecule has 0 aliphatic rings. The van der Waals surface area contributed by atoms with E-state index >= 15 is 0 Å². The predicted octanol–water partition coefficient (Wildman–Crippen LogP) is 3.55. The molecule has 0 aromatic carbocycles. The Bertz CT molecular complexity index is 597. The lowest BCUT2D eigenvalue weighted by molar-refractivity contribution is -0.116. The number of hydrogen-bond acceptors (Lipinski definition) is 5. The van der Waals surface area contributed by atoms with Gasteiger partial charge in [-0.15, -0.1) is 11.3 Å². The zero-order valence-corrected chi connectivity index (χ0v) is 13.6. The first-order valence-electron chi connectivity index (χ1n) is 6.76. The van der Waals surface area contributed by atoms with E-state index in [0.29, 0.717) is 24.5 Å². The summed E-state index contributed by atoms with van der Waals surface area (Å²) in [6.07, 6.45) is 0.416. The molecule has 0 spiro atoms. The maximum Gasteiger partial charge on any atom is 0.226 e. The minimum atomic E-state index is -0.0639. The summed E-state index contributed by atoms with van der Waals surface area (Å²) in [5.74, 6) is 1.08. The van der Waals surface area contributed by atoms with Gasteiger partial charge in [-0.1, -0.05) is 23.7 Å². The van der Waals surface area contributed by atoms with Crippen LogP contribution in [0.3, 0.4) is 0 Å². The van der Waals surface area contributed by atoms with Gasteiger partial charge >= 0.3 is 0 Å². The fourth-order valence-corrected chi connectivity index (χ4v) is 3.03. The van der Waals surface area contributed by atoms with Crippen LogP contribution in [0.4, 0.5) is 5.82 Å². The van der Waals surface area contributed by atoms with E-state index < -0.39 is 0 Å². The van der Waals surface area contributed by atoms with Gasteiger partial charge in [0.25, 0.3) is 0 Å². The average Bonchev–Trinajstić information content (AvgIpc) is 3.03. The molecule has 0 saturated heterocycles. The second-order valence-electron chi connectivity index (χ2n) is 4.70. The topological polar surface area (TPSA) is 58.4 Å². The van der Waals surface area contributed by atoms with Crippen molar-refractivity contribution in [2.75, 3.05) is 18.4 Å². The summed E-state index contributed by atoms with van der Waals surface area (Å²) in [6, 6.07) is 5.62. The van der Waals surface area contributed by atoms with Crippen LogP contribution in [-0.4, -0.2) is 29.1 Å². The second kappa shape index (κ2) is 7.59. The molecular formula is C14H18ClN3O2S. The molecule has 0 aliphatic carbocycles. The molecule has 21 heavy (non-hydrogen) atoms. The third kappa shape index (κ3) is 5.15. The van der Waals surface area contributed by atoms with E-state index in [4.69, 9.17) is 16.1 Å². The number of thiophene rings is 1. The van der Waals surface area contributed by atoms with Gasteiger partial charge in [-0.3, -0.25) is 9.69 Å². The third-order valence-electron chi connectivity index (χ3n) is 3.01. The molecule has 0 radical (unpaired) electrons. The van der Waals surface area contributed by atoms with Crippen LogP contribution >= 0.6 is 22.9 Å². The number of halogens is 1. The highest BCUT2D eigenvalue weighted by Gasteiger charge is 2.10. The van der Waals surface area contributed by atoms with Crippen LogP contribution in [0.25, 0.3) is 0 Å². The molecule has 2 aromatic rings. The van der Waals surface area contributed by atoms with Crippen LogP contribution in [-0.2, 0) is 11.3 Å². The van der Waals surface area contributed by atoms with E-state index in [-0.39, 0.29) is 5.91 Å². The molecule has 0 saturated carbocycles. The molecule has 0 fully saturated rings. The summed E-state index contributed by atoms with van der Waals surface area (Å²) >= 11 is 7.50. The Kier molecular flexibility index (Phi) is 5.78. The molecule has 1 amide bonds. The summed E-state index contributed by atoms with van der Waals surface area (Å²) in [4.78, 5) is 15.3. The molecule has 0 unspecified atom stereocenters. The molecule has 0 aliphatic heterocycles. The van der Waals surface area contributed by atoms with E-state index in [1.807, 2.05) is 12.1 Å². The molecular weight excluding hydrogens is 310 g/mol. The number of anilines is 1. The first-order valence-corrected chi connectivity index (χ1v) is 7.96. The Hall–Kier alpha value is -1.37. The number of nitrogens with one attached hydrogen (secondary N) is 1. The maximum absolute atomic E-state index is 11.9. The fourth-order valence-electron chi connectivity index (χ4n) is 1.90. The highest BCUT2D eigenvalue weighted by Crippen LogP contribution is 2.22. The van der Waals surface area contributed by atoms with Crippen molar-refractivity contribution in [1.29, 1.82) is 0 Å². The van der Waals surface area contributed by atoms with E-state index in [1.165, 1.54) is 4.88 Å². The van der Waals surface area contributed by atoms with Crippen molar-refractivity contribution < 1.29 is 9.32 Å². The lowest BCUT2D eigenvalue weighted by atomic mass is 10.3. The predicted molar refractivity (Wildman–Crippen MR) is 84.8 cm³/mol. The van der Waals surface area contributed by atoms with Gasteiger partial charge in [-0.2, -0.15) is 0 Å². The molecule has 7 heteroatoms. The fraction of sp³-hybridized carbons (Fsp3) is 0.429. The number of carbonyl (C=O) groups is 1. The number of aryl methyl sites for hydroxylation is 1. The van der Waals surface area contributed by atoms with Gasteiger partial charge in [0.2, 0.25) is 5.91 Å². The van der Waals surface area contributed by atoms with Gasteiger partial charge in [0.15, 0.2) is 5.82 Å². The van der Waals surface area contributed by atoms with Crippen molar-refractivity contribution in [3.63, 3.8) is 0 Å². The van der Waals surface area contributed by atoms with Crippen LogP contribution in [0, 0.1) is 6.92 Å². The third-order valence-corrected chi connectivity index (χ3v) is 4.22. The quantitative estimate of drug-likeness (QED) is 0.845. The Balaban J connectivity index is 1.78. The van der Waals surface area contributed by atoms with Gasteiger partial charge in [0.05, 0.1) is 4.34 Å². The normalized spacial score (nSPS) is 11.0. The zero-order chi connectivity index (χ0) is 15.2.